The predicted octanol–water partition coefficient (Wildman–Crippen LogP) is 3.23. The first-order valence-electron chi connectivity index (χ1n) is 8.00. The molecule has 0 aromatic heterocycles. The molecular formula is C16H26N4O3. The molecule has 1 rings (SSSR count). The quantitative estimate of drug-likeness (QED) is 0.540. The fraction of sp³-hybridized carbons (Fsp3) is 0.562. The van der Waals surface area contributed by atoms with Gasteiger partial charge in [0.25, 0.3) is 5.69 Å². The molecule has 0 aliphatic carbocycles. The molecule has 0 aliphatic heterocycles. The standard InChI is InChI=1S/C16H26N4O3/c1-4-19(5-2)12-6-7-13(3)17-16(21)18-14-8-10-15(11-9-14)20(22)23/h8-11,13H,4-7,12H2,1-3H3,(H2,17,18,21). The number of carbonyl (C=O) groups is 1. The zero-order chi connectivity index (χ0) is 17.2. The Balaban J connectivity index is 2.33. The van der Waals surface area contributed by atoms with Crippen molar-refractivity contribution in [3.63, 3.8) is 0 Å². The largest absolute Gasteiger partial charge is 0.335 e. The third kappa shape index (κ3) is 7.10. The maximum absolute atomic E-state index is 11.9. The van der Waals surface area contributed by atoms with Crippen molar-refractivity contribution in [2.45, 2.75) is 39.7 Å². The molecule has 0 bridgehead atoms. The van der Waals surface area contributed by atoms with Gasteiger partial charge in [0.05, 0.1) is 4.92 Å². The summed E-state index contributed by atoms with van der Waals surface area (Å²) >= 11 is 0. The SMILES string of the molecule is CCN(CC)CCCC(C)NC(=O)Nc1ccc([N+](=O)[O-])cc1. The Morgan fingerprint density at radius 2 is 1.87 bits per heavy atom. The molecule has 1 aromatic rings. The maximum atomic E-state index is 11.9. The van der Waals surface area contributed by atoms with Gasteiger partial charge >= 0.3 is 6.03 Å². The summed E-state index contributed by atoms with van der Waals surface area (Å²) in [6.07, 6.45) is 1.94. The van der Waals surface area contributed by atoms with Crippen LogP contribution in [0.5, 0.6) is 0 Å². The topological polar surface area (TPSA) is 87.5 Å². The minimum absolute atomic E-state index is 0.000675. The van der Waals surface area contributed by atoms with Gasteiger partial charge in [-0.05, 0) is 51.5 Å². The van der Waals surface area contributed by atoms with Crippen LogP contribution in [0, 0.1) is 10.1 Å². The van der Waals surface area contributed by atoms with Gasteiger partial charge in [-0.25, -0.2) is 4.79 Å². The zero-order valence-electron chi connectivity index (χ0n) is 14.0. The monoisotopic (exact) mass is 322 g/mol. The van der Waals surface area contributed by atoms with Crippen molar-refractivity contribution in [2.24, 2.45) is 0 Å². The highest BCUT2D eigenvalue weighted by molar-refractivity contribution is 5.89. The number of nitrogens with zero attached hydrogens (tertiary/aromatic N) is 2. The van der Waals surface area contributed by atoms with Gasteiger partial charge in [-0.2, -0.15) is 0 Å². The van der Waals surface area contributed by atoms with Crippen LogP contribution in [0.3, 0.4) is 0 Å². The van der Waals surface area contributed by atoms with Gasteiger partial charge in [-0.15, -0.1) is 0 Å². The number of nitro benzene ring substituents is 1. The number of rotatable bonds is 9. The molecule has 2 N–H and O–H groups in total. The van der Waals surface area contributed by atoms with Crippen LogP contribution in [-0.4, -0.2) is 41.5 Å². The molecule has 1 aromatic carbocycles. The molecule has 128 valence electrons. The number of anilines is 1. The summed E-state index contributed by atoms with van der Waals surface area (Å²) in [7, 11) is 0. The third-order valence-electron chi connectivity index (χ3n) is 3.72. The second kappa shape index (κ2) is 9.78. The molecule has 0 radical (unpaired) electrons. The van der Waals surface area contributed by atoms with Crippen molar-refractivity contribution in [3.8, 4) is 0 Å². The highest BCUT2D eigenvalue weighted by Gasteiger charge is 2.09. The van der Waals surface area contributed by atoms with Crippen LogP contribution < -0.4 is 10.6 Å². The minimum atomic E-state index is -0.470. The summed E-state index contributed by atoms with van der Waals surface area (Å²) in [5.74, 6) is 0. The van der Waals surface area contributed by atoms with Gasteiger partial charge in [-0.3, -0.25) is 10.1 Å². The molecule has 7 nitrogen and oxygen atoms in total. The van der Waals surface area contributed by atoms with E-state index in [0.717, 1.165) is 32.5 Å². The van der Waals surface area contributed by atoms with Gasteiger partial charge in [0.2, 0.25) is 0 Å². The van der Waals surface area contributed by atoms with Crippen LogP contribution in [0.1, 0.15) is 33.6 Å². The number of amides is 2. The molecular weight excluding hydrogens is 296 g/mol. The van der Waals surface area contributed by atoms with E-state index < -0.39 is 4.92 Å². The van der Waals surface area contributed by atoms with Crippen LogP contribution in [0.15, 0.2) is 24.3 Å². The lowest BCUT2D eigenvalue weighted by atomic mass is 10.2. The average molecular weight is 322 g/mol. The first-order chi connectivity index (χ1) is 11.0. The van der Waals surface area contributed by atoms with Crippen molar-refractivity contribution in [1.29, 1.82) is 0 Å². The summed E-state index contributed by atoms with van der Waals surface area (Å²) < 4.78 is 0. The molecule has 1 atom stereocenters. The Bertz CT molecular complexity index is 501. The number of carbonyl (C=O) groups excluding carboxylic acids is 1. The fourth-order valence-corrected chi connectivity index (χ4v) is 2.29. The number of nitro groups is 1. The molecule has 0 saturated carbocycles. The first-order valence-corrected chi connectivity index (χ1v) is 8.00. The summed E-state index contributed by atoms with van der Waals surface area (Å²) in [4.78, 5) is 24.3. The number of nitrogens with one attached hydrogen (secondary N) is 2. The summed E-state index contributed by atoms with van der Waals surface area (Å²) in [6.45, 7) is 9.37. The van der Waals surface area contributed by atoms with E-state index in [1.54, 1.807) is 0 Å². The molecule has 0 spiro atoms. The summed E-state index contributed by atoms with van der Waals surface area (Å²) in [5, 5.41) is 16.1. The molecule has 7 heteroatoms. The molecule has 23 heavy (non-hydrogen) atoms. The number of benzene rings is 1. The van der Waals surface area contributed by atoms with Crippen LogP contribution in [-0.2, 0) is 0 Å². The highest BCUT2D eigenvalue weighted by atomic mass is 16.6. The third-order valence-corrected chi connectivity index (χ3v) is 3.72. The molecule has 0 saturated heterocycles. The molecule has 0 heterocycles. The Labute approximate surface area is 137 Å². The van der Waals surface area contributed by atoms with E-state index in [-0.39, 0.29) is 17.8 Å². The molecule has 2 amide bonds. The highest BCUT2D eigenvalue weighted by Crippen LogP contribution is 2.15. The van der Waals surface area contributed by atoms with Gasteiger partial charge in [0.1, 0.15) is 0 Å². The smallest absolute Gasteiger partial charge is 0.319 e. The van der Waals surface area contributed by atoms with E-state index in [1.165, 1.54) is 24.3 Å². The van der Waals surface area contributed by atoms with Crippen molar-refractivity contribution >= 4 is 17.4 Å². The first kappa shape index (κ1) is 18.9. The van der Waals surface area contributed by atoms with Crippen LogP contribution in [0.4, 0.5) is 16.2 Å². The van der Waals surface area contributed by atoms with Gasteiger partial charge in [0, 0.05) is 23.9 Å². The number of non-ortho nitro benzene ring substituents is 1. The maximum Gasteiger partial charge on any atom is 0.319 e. The van der Waals surface area contributed by atoms with Crippen molar-refractivity contribution in [1.82, 2.24) is 10.2 Å². The van der Waals surface area contributed by atoms with E-state index >= 15 is 0 Å². The van der Waals surface area contributed by atoms with Crippen molar-refractivity contribution in [2.75, 3.05) is 25.0 Å². The normalized spacial score (nSPS) is 12.0. The lowest BCUT2D eigenvalue weighted by Crippen LogP contribution is -2.36. The second-order valence-corrected chi connectivity index (χ2v) is 5.47. The van der Waals surface area contributed by atoms with E-state index in [9.17, 15) is 14.9 Å². The number of hydrogen-bond donors (Lipinski definition) is 2. The minimum Gasteiger partial charge on any atom is -0.335 e. The van der Waals surface area contributed by atoms with Crippen LogP contribution in [0.25, 0.3) is 0 Å². The van der Waals surface area contributed by atoms with Crippen LogP contribution >= 0.6 is 0 Å². The van der Waals surface area contributed by atoms with Gasteiger partial charge in [0.15, 0.2) is 0 Å². The molecule has 0 aliphatic rings. The van der Waals surface area contributed by atoms with Crippen molar-refractivity contribution in [3.05, 3.63) is 34.4 Å². The van der Waals surface area contributed by atoms with Crippen molar-refractivity contribution < 1.29 is 9.72 Å². The predicted molar refractivity (Wildman–Crippen MR) is 91.7 cm³/mol. The fourth-order valence-electron chi connectivity index (χ4n) is 2.29. The second-order valence-electron chi connectivity index (χ2n) is 5.47. The van der Waals surface area contributed by atoms with Gasteiger partial charge in [-0.1, -0.05) is 13.8 Å². The van der Waals surface area contributed by atoms with Gasteiger partial charge < -0.3 is 15.5 Å². The van der Waals surface area contributed by atoms with E-state index in [2.05, 4.69) is 29.4 Å². The number of urea groups is 1. The Hall–Kier alpha value is -2.15. The zero-order valence-corrected chi connectivity index (χ0v) is 14.0. The lowest BCUT2D eigenvalue weighted by Gasteiger charge is -2.19. The Morgan fingerprint density at radius 1 is 1.26 bits per heavy atom. The number of hydrogen-bond acceptors (Lipinski definition) is 4. The Morgan fingerprint density at radius 3 is 2.39 bits per heavy atom. The molecule has 0 fully saturated rings. The average Bonchev–Trinajstić information content (AvgIpc) is 2.52. The lowest BCUT2D eigenvalue weighted by molar-refractivity contribution is -0.384. The molecule has 1 unspecified atom stereocenters. The Kier molecular flexibility index (Phi) is 8.04. The van der Waals surface area contributed by atoms with E-state index in [4.69, 9.17) is 0 Å². The van der Waals surface area contributed by atoms with E-state index in [0.29, 0.717) is 5.69 Å². The summed E-state index contributed by atoms with van der Waals surface area (Å²) in [5.41, 5.74) is 0.532. The summed E-state index contributed by atoms with van der Waals surface area (Å²) in [6, 6.07) is 5.54. The van der Waals surface area contributed by atoms with Crippen LogP contribution in [0.2, 0.25) is 0 Å². The van der Waals surface area contributed by atoms with E-state index in [1.807, 2.05) is 6.92 Å².